The second-order valence-electron chi connectivity index (χ2n) is 5.07. The number of hydrogen-bond donors (Lipinski definition) is 1. The summed E-state index contributed by atoms with van der Waals surface area (Å²) in [5.41, 5.74) is 7.68. The molecule has 0 radical (unpaired) electrons. The van der Waals surface area contributed by atoms with Crippen LogP contribution in [-0.4, -0.2) is 33.2 Å². The molecule has 1 unspecified atom stereocenters. The number of aromatic nitrogens is 2. The molecular formula is C13H21BrN4O. The average molecular weight is 329 g/mol. The highest BCUT2D eigenvalue weighted by Crippen LogP contribution is 2.26. The van der Waals surface area contributed by atoms with Crippen LogP contribution in [0.3, 0.4) is 0 Å². The van der Waals surface area contributed by atoms with Crippen molar-refractivity contribution in [3.8, 4) is 0 Å². The normalized spacial score (nSPS) is 20.7. The van der Waals surface area contributed by atoms with Crippen molar-refractivity contribution in [2.75, 3.05) is 6.54 Å². The molecule has 0 bridgehead atoms. The lowest BCUT2D eigenvalue weighted by molar-refractivity contribution is -0.124. The summed E-state index contributed by atoms with van der Waals surface area (Å²) in [7, 11) is 1.95. The fourth-order valence-corrected chi connectivity index (χ4v) is 3.43. The van der Waals surface area contributed by atoms with Gasteiger partial charge < -0.3 is 5.73 Å². The van der Waals surface area contributed by atoms with Gasteiger partial charge in [0.15, 0.2) is 0 Å². The Morgan fingerprint density at radius 3 is 2.84 bits per heavy atom. The first-order chi connectivity index (χ1) is 9.04. The van der Waals surface area contributed by atoms with Gasteiger partial charge in [-0.15, -0.1) is 0 Å². The van der Waals surface area contributed by atoms with E-state index in [-0.39, 0.29) is 11.9 Å². The van der Waals surface area contributed by atoms with Gasteiger partial charge >= 0.3 is 0 Å². The summed E-state index contributed by atoms with van der Waals surface area (Å²) in [5, 5.41) is 4.49. The van der Waals surface area contributed by atoms with Crippen LogP contribution in [0.25, 0.3) is 0 Å². The predicted molar refractivity (Wildman–Crippen MR) is 77.5 cm³/mol. The molecule has 19 heavy (non-hydrogen) atoms. The molecule has 1 fully saturated rings. The van der Waals surface area contributed by atoms with E-state index in [1.165, 1.54) is 0 Å². The molecular weight excluding hydrogens is 308 g/mol. The summed E-state index contributed by atoms with van der Waals surface area (Å²) >= 11 is 3.62. The minimum absolute atomic E-state index is 0.138. The van der Waals surface area contributed by atoms with Crippen molar-refractivity contribution in [2.45, 2.75) is 45.2 Å². The summed E-state index contributed by atoms with van der Waals surface area (Å²) < 4.78 is 2.96. The van der Waals surface area contributed by atoms with E-state index in [0.717, 1.165) is 54.6 Å². The number of piperidine rings is 1. The monoisotopic (exact) mass is 328 g/mol. The van der Waals surface area contributed by atoms with Crippen LogP contribution in [-0.2, 0) is 24.8 Å². The van der Waals surface area contributed by atoms with E-state index in [1.54, 1.807) is 0 Å². The Labute approximate surface area is 122 Å². The SMILES string of the molecule is CCc1nn(C)c(CN2CCCCC2C(N)=O)c1Br. The average Bonchev–Trinajstić information content (AvgIpc) is 2.66. The molecule has 1 amide bonds. The molecule has 2 N–H and O–H groups in total. The van der Waals surface area contributed by atoms with E-state index < -0.39 is 0 Å². The highest BCUT2D eigenvalue weighted by Gasteiger charge is 2.28. The Morgan fingerprint density at radius 1 is 1.53 bits per heavy atom. The summed E-state index contributed by atoms with van der Waals surface area (Å²) in [6.45, 7) is 3.73. The summed E-state index contributed by atoms with van der Waals surface area (Å²) in [6.07, 6.45) is 3.97. The molecule has 1 aromatic rings. The molecule has 1 aliphatic heterocycles. The number of likely N-dealkylation sites (tertiary alicyclic amines) is 1. The highest BCUT2D eigenvalue weighted by atomic mass is 79.9. The van der Waals surface area contributed by atoms with Crippen LogP contribution in [0.1, 0.15) is 37.6 Å². The lowest BCUT2D eigenvalue weighted by atomic mass is 10.0. The smallest absolute Gasteiger partial charge is 0.234 e. The zero-order valence-corrected chi connectivity index (χ0v) is 13.1. The molecule has 5 nitrogen and oxygen atoms in total. The molecule has 1 aromatic heterocycles. The van der Waals surface area contributed by atoms with Gasteiger partial charge in [-0.25, -0.2) is 0 Å². The summed E-state index contributed by atoms with van der Waals surface area (Å²) in [6, 6.07) is -0.138. The van der Waals surface area contributed by atoms with Crippen molar-refractivity contribution in [3.63, 3.8) is 0 Å². The van der Waals surface area contributed by atoms with Crippen LogP contribution in [0.15, 0.2) is 4.47 Å². The molecule has 1 saturated heterocycles. The van der Waals surface area contributed by atoms with Crippen molar-refractivity contribution in [2.24, 2.45) is 12.8 Å². The van der Waals surface area contributed by atoms with E-state index in [4.69, 9.17) is 5.73 Å². The second kappa shape index (κ2) is 6.05. The minimum Gasteiger partial charge on any atom is -0.368 e. The molecule has 1 atom stereocenters. The third-order valence-electron chi connectivity index (χ3n) is 3.80. The fourth-order valence-electron chi connectivity index (χ4n) is 2.69. The zero-order valence-electron chi connectivity index (χ0n) is 11.5. The number of amides is 1. The molecule has 1 aliphatic rings. The number of primary amides is 1. The van der Waals surface area contributed by atoms with E-state index in [0.29, 0.717) is 0 Å². The molecule has 6 heteroatoms. The minimum atomic E-state index is -0.214. The summed E-state index contributed by atoms with van der Waals surface area (Å²) in [4.78, 5) is 13.7. The van der Waals surface area contributed by atoms with Crippen molar-refractivity contribution >= 4 is 21.8 Å². The highest BCUT2D eigenvalue weighted by molar-refractivity contribution is 9.10. The number of nitrogens with zero attached hydrogens (tertiary/aromatic N) is 3. The van der Waals surface area contributed by atoms with Crippen molar-refractivity contribution < 1.29 is 4.79 Å². The molecule has 0 spiro atoms. The van der Waals surface area contributed by atoms with E-state index in [9.17, 15) is 4.79 Å². The topological polar surface area (TPSA) is 64.2 Å². The molecule has 0 saturated carbocycles. The standard InChI is InChI=1S/C13H21BrN4O/c1-3-9-12(14)11(17(2)16-9)8-18-7-5-4-6-10(18)13(15)19/h10H,3-8H2,1-2H3,(H2,15,19). The van der Waals surface area contributed by atoms with Crippen molar-refractivity contribution in [1.29, 1.82) is 0 Å². The number of aryl methyl sites for hydroxylation is 2. The van der Waals surface area contributed by atoms with Gasteiger partial charge in [-0.2, -0.15) is 5.10 Å². The van der Waals surface area contributed by atoms with Crippen LogP contribution in [0.2, 0.25) is 0 Å². The van der Waals surface area contributed by atoms with Gasteiger partial charge in [-0.1, -0.05) is 13.3 Å². The Morgan fingerprint density at radius 2 is 2.26 bits per heavy atom. The third-order valence-corrected chi connectivity index (χ3v) is 4.71. The van der Waals surface area contributed by atoms with E-state index >= 15 is 0 Å². The number of halogens is 1. The Bertz CT molecular complexity index is 471. The van der Waals surface area contributed by atoms with Gasteiger partial charge in [0.05, 0.1) is 21.9 Å². The van der Waals surface area contributed by atoms with Crippen molar-refractivity contribution in [1.82, 2.24) is 14.7 Å². The van der Waals surface area contributed by atoms with Crippen LogP contribution in [0, 0.1) is 0 Å². The van der Waals surface area contributed by atoms with Crippen LogP contribution in [0.4, 0.5) is 0 Å². The van der Waals surface area contributed by atoms with Gasteiger partial charge in [0, 0.05) is 13.6 Å². The van der Waals surface area contributed by atoms with Crippen LogP contribution >= 0.6 is 15.9 Å². The molecule has 0 aliphatic carbocycles. The van der Waals surface area contributed by atoms with Crippen LogP contribution in [0.5, 0.6) is 0 Å². The Kier molecular flexibility index (Phi) is 4.62. The lowest BCUT2D eigenvalue weighted by Crippen LogP contribution is -2.47. The maximum absolute atomic E-state index is 11.5. The summed E-state index contributed by atoms with van der Waals surface area (Å²) in [5.74, 6) is -0.214. The first-order valence-corrected chi connectivity index (χ1v) is 7.57. The van der Waals surface area contributed by atoms with Gasteiger partial charge in [-0.3, -0.25) is 14.4 Å². The van der Waals surface area contributed by atoms with E-state index in [2.05, 4.69) is 32.9 Å². The maximum atomic E-state index is 11.5. The Balaban J connectivity index is 2.19. The van der Waals surface area contributed by atoms with Crippen LogP contribution < -0.4 is 5.73 Å². The molecule has 2 heterocycles. The molecule has 2 rings (SSSR count). The third kappa shape index (κ3) is 3.00. The zero-order chi connectivity index (χ0) is 14.0. The number of rotatable bonds is 4. The first-order valence-electron chi connectivity index (χ1n) is 6.78. The van der Waals surface area contributed by atoms with Gasteiger partial charge in [0.2, 0.25) is 5.91 Å². The number of carbonyl (C=O) groups is 1. The van der Waals surface area contributed by atoms with Crippen molar-refractivity contribution in [3.05, 3.63) is 15.9 Å². The van der Waals surface area contributed by atoms with Gasteiger partial charge in [0.25, 0.3) is 0 Å². The first kappa shape index (κ1) is 14.5. The number of carbonyl (C=O) groups excluding carboxylic acids is 1. The second-order valence-corrected chi connectivity index (χ2v) is 5.86. The van der Waals surface area contributed by atoms with Gasteiger partial charge in [-0.05, 0) is 41.7 Å². The van der Waals surface area contributed by atoms with E-state index in [1.807, 2.05) is 11.7 Å². The largest absolute Gasteiger partial charge is 0.368 e. The quantitative estimate of drug-likeness (QED) is 0.912. The molecule has 0 aromatic carbocycles. The van der Waals surface area contributed by atoms with Gasteiger partial charge in [0.1, 0.15) is 0 Å². The number of hydrogen-bond acceptors (Lipinski definition) is 3. The Hall–Kier alpha value is -0.880. The number of nitrogens with two attached hydrogens (primary N) is 1. The maximum Gasteiger partial charge on any atom is 0.234 e. The predicted octanol–water partition coefficient (Wildman–Crippen LogP) is 1.58. The lowest BCUT2D eigenvalue weighted by Gasteiger charge is -2.33. The molecule has 106 valence electrons. The fraction of sp³-hybridized carbons (Fsp3) is 0.692.